The summed E-state index contributed by atoms with van der Waals surface area (Å²) in [5.41, 5.74) is 0.0197. The maximum absolute atomic E-state index is 12.7. The number of fused-ring (bicyclic) bond motifs is 5. The summed E-state index contributed by atoms with van der Waals surface area (Å²) in [4.78, 5) is 24.3. The minimum Gasteiger partial charge on any atom is -0.431 e. The molecule has 216 valence electrons. The van der Waals surface area contributed by atoms with Gasteiger partial charge in [-0.15, -0.1) is 0 Å². The Balaban J connectivity index is 1.09. The first-order valence-electron chi connectivity index (χ1n) is 15.4. The van der Waals surface area contributed by atoms with Crippen LogP contribution < -0.4 is 21.6 Å². The maximum Gasteiger partial charge on any atom is 0.335 e. The maximum atomic E-state index is 12.7. The van der Waals surface area contributed by atoms with Gasteiger partial charge in [-0.05, 0) is 111 Å². The molecule has 2 unspecified atom stereocenters. The highest BCUT2D eigenvalue weighted by Crippen LogP contribution is 2.70. The number of carbonyl (C=O) groups excluding carboxylic acids is 1. The van der Waals surface area contributed by atoms with E-state index in [9.17, 15) is 19.8 Å². The van der Waals surface area contributed by atoms with Crippen LogP contribution in [0.2, 0.25) is 0 Å². The van der Waals surface area contributed by atoms with Crippen molar-refractivity contribution >= 4 is 6.03 Å². The summed E-state index contributed by atoms with van der Waals surface area (Å²) in [6, 6.07) is 3.75. The van der Waals surface area contributed by atoms with Crippen molar-refractivity contribution < 1.29 is 19.4 Å². The number of hydrogen-bond donors (Lipinski definition) is 5. The first-order chi connectivity index (χ1) is 18.6. The van der Waals surface area contributed by atoms with Crippen LogP contribution in [0.25, 0.3) is 0 Å². The Morgan fingerprint density at radius 3 is 2.64 bits per heavy atom. The standard InChI is InChI=1S/C31H47N3O5/c1-29-12-9-21(34-28(37)33-16-22-5-6-23(35)17-32-22)15-20(29)4-7-26-25(29)10-13-30(2)24(11-14-31(26,30)38)19-3-8-27(36)39-18-19/h3,8,18,20-26,32,35,38H,4-7,9-17H2,1-2H3,(H2,33,34,37)/t20-,21+,22?,23?,24-,25+,26-,29+,30-,31+/m1/s1. The van der Waals surface area contributed by atoms with Crippen molar-refractivity contribution in [1.82, 2.24) is 16.0 Å². The van der Waals surface area contributed by atoms with E-state index < -0.39 is 5.60 Å². The van der Waals surface area contributed by atoms with Crippen LogP contribution in [-0.2, 0) is 0 Å². The van der Waals surface area contributed by atoms with Crippen molar-refractivity contribution in [3.63, 3.8) is 0 Å². The number of rotatable bonds is 4. The molecule has 1 aliphatic heterocycles. The molecule has 5 N–H and O–H groups in total. The molecule has 2 amide bonds. The van der Waals surface area contributed by atoms with Gasteiger partial charge in [0.05, 0.1) is 18.0 Å². The molecule has 5 aliphatic rings. The lowest BCUT2D eigenvalue weighted by Gasteiger charge is -2.63. The largest absolute Gasteiger partial charge is 0.431 e. The summed E-state index contributed by atoms with van der Waals surface area (Å²) < 4.78 is 5.23. The number of piperidine rings is 1. The van der Waals surface area contributed by atoms with Crippen molar-refractivity contribution in [2.75, 3.05) is 13.1 Å². The van der Waals surface area contributed by atoms with Gasteiger partial charge in [-0.1, -0.05) is 13.8 Å². The van der Waals surface area contributed by atoms with Gasteiger partial charge in [-0.25, -0.2) is 9.59 Å². The second-order valence-electron chi connectivity index (χ2n) is 14.0. The number of carbonyl (C=O) groups is 1. The molecule has 1 aromatic rings. The minimum atomic E-state index is -0.692. The molecule has 8 heteroatoms. The highest BCUT2D eigenvalue weighted by atomic mass is 16.4. The van der Waals surface area contributed by atoms with E-state index in [0.29, 0.717) is 30.8 Å². The van der Waals surface area contributed by atoms with Crippen LogP contribution in [0, 0.1) is 28.6 Å². The van der Waals surface area contributed by atoms with Crippen molar-refractivity contribution in [1.29, 1.82) is 0 Å². The van der Waals surface area contributed by atoms with Gasteiger partial charge in [0.15, 0.2) is 0 Å². The van der Waals surface area contributed by atoms with E-state index in [-0.39, 0.29) is 46.6 Å². The zero-order chi connectivity index (χ0) is 27.4. The fraction of sp³-hybridized carbons (Fsp3) is 0.806. The predicted octanol–water partition coefficient (Wildman–Crippen LogP) is 3.66. The van der Waals surface area contributed by atoms with Crippen LogP contribution in [0.3, 0.4) is 0 Å². The second kappa shape index (κ2) is 10.2. The Kier molecular flexibility index (Phi) is 7.12. The molecule has 8 nitrogen and oxygen atoms in total. The van der Waals surface area contributed by atoms with Gasteiger partial charge < -0.3 is 30.6 Å². The normalized spacial score (nSPS) is 45.5. The Hall–Kier alpha value is -1.90. The molecule has 4 aliphatic carbocycles. The van der Waals surface area contributed by atoms with Crippen molar-refractivity contribution in [2.24, 2.45) is 28.6 Å². The molecular formula is C31H47N3O5. The molecule has 0 aromatic carbocycles. The molecule has 1 saturated heterocycles. The third-order valence-electron chi connectivity index (χ3n) is 12.3. The van der Waals surface area contributed by atoms with Gasteiger partial charge in [-0.3, -0.25) is 0 Å². The minimum absolute atomic E-state index is 0.0818. The first-order valence-corrected chi connectivity index (χ1v) is 15.4. The average molecular weight is 542 g/mol. The molecule has 0 spiro atoms. The van der Waals surface area contributed by atoms with Crippen molar-refractivity contribution in [3.05, 3.63) is 34.4 Å². The summed E-state index contributed by atoms with van der Waals surface area (Å²) in [5, 5.41) is 31.7. The highest BCUT2D eigenvalue weighted by molar-refractivity contribution is 5.74. The highest BCUT2D eigenvalue weighted by Gasteiger charge is 2.67. The van der Waals surface area contributed by atoms with E-state index in [1.165, 1.54) is 6.07 Å². The zero-order valence-corrected chi connectivity index (χ0v) is 23.6. The predicted molar refractivity (Wildman–Crippen MR) is 148 cm³/mol. The smallest absolute Gasteiger partial charge is 0.335 e. The molecule has 1 aromatic heterocycles. The Morgan fingerprint density at radius 2 is 1.90 bits per heavy atom. The average Bonchev–Trinajstić information content (AvgIpc) is 3.20. The molecule has 2 heterocycles. The monoisotopic (exact) mass is 541 g/mol. The van der Waals surface area contributed by atoms with Gasteiger partial charge >= 0.3 is 11.7 Å². The summed E-state index contributed by atoms with van der Waals surface area (Å²) in [7, 11) is 0. The number of hydrogen-bond acceptors (Lipinski definition) is 6. The number of aliphatic hydroxyl groups is 2. The number of nitrogens with one attached hydrogen (secondary N) is 3. The molecule has 6 rings (SSSR count). The number of urea groups is 1. The van der Waals surface area contributed by atoms with E-state index in [1.807, 2.05) is 6.07 Å². The summed E-state index contributed by atoms with van der Waals surface area (Å²) in [6.07, 6.45) is 12.1. The number of β-amino-alcohol motifs (C(OH)–C–C–N with tert-alkyl or cyclic N) is 1. The Morgan fingerprint density at radius 1 is 1.05 bits per heavy atom. The van der Waals surface area contributed by atoms with E-state index >= 15 is 0 Å². The number of aliphatic hydroxyl groups excluding tert-OH is 1. The van der Waals surface area contributed by atoms with Gasteiger partial charge in [0.2, 0.25) is 0 Å². The van der Waals surface area contributed by atoms with Crippen LogP contribution in [0.1, 0.15) is 96.0 Å². The molecular weight excluding hydrogens is 494 g/mol. The van der Waals surface area contributed by atoms with Gasteiger partial charge in [0, 0.05) is 36.7 Å². The lowest BCUT2D eigenvalue weighted by Crippen LogP contribution is -2.62. The fourth-order valence-electron chi connectivity index (χ4n) is 9.98. The summed E-state index contributed by atoms with van der Waals surface area (Å²) in [5.74, 6) is 1.58. The van der Waals surface area contributed by atoms with Gasteiger partial charge in [-0.2, -0.15) is 0 Å². The number of amides is 2. The molecule has 0 radical (unpaired) electrons. The van der Waals surface area contributed by atoms with E-state index in [0.717, 1.165) is 76.2 Å². The van der Waals surface area contributed by atoms with Crippen LogP contribution in [0.15, 0.2) is 27.6 Å². The van der Waals surface area contributed by atoms with E-state index in [2.05, 4.69) is 29.8 Å². The molecule has 0 bridgehead atoms. The molecule has 4 saturated carbocycles. The topological polar surface area (TPSA) is 124 Å². The molecule has 5 fully saturated rings. The summed E-state index contributed by atoms with van der Waals surface area (Å²) in [6.45, 7) is 5.94. The third kappa shape index (κ3) is 4.64. The second-order valence-corrected chi connectivity index (χ2v) is 14.0. The fourth-order valence-corrected chi connectivity index (χ4v) is 9.98. The molecule has 39 heavy (non-hydrogen) atoms. The SMILES string of the molecule is C[C@]12CC[C@H](NC(=O)NCC3CCC(O)CN3)C[C@H]1CC[C@@H]1[C@@H]2CC[C@]2(C)[C@@H](c3ccc(=O)oc3)CC[C@]12O. The van der Waals surface area contributed by atoms with Gasteiger partial charge in [0.1, 0.15) is 0 Å². The molecule has 10 atom stereocenters. The van der Waals surface area contributed by atoms with E-state index in [4.69, 9.17) is 4.42 Å². The van der Waals surface area contributed by atoms with Crippen LogP contribution in [0.4, 0.5) is 4.79 Å². The Bertz CT molecular complexity index is 1100. The third-order valence-corrected chi connectivity index (χ3v) is 12.3. The quantitative estimate of drug-likeness (QED) is 0.396. The lowest BCUT2D eigenvalue weighted by atomic mass is 9.43. The zero-order valence-electron chi connectivity index (χ0n) is 23.6. The van der Waals surface area contributed by atoms with Crippen LogP contribution in [-0.4, -0.2) is 53.1 Å². The Labute approximate surface area is 231 Å². The van der Waals surface area contributed by atoms with Gasteiger partial charge in [0.25, 0.3) is 0 Å². The van der Waals surface area contributed by atoms with Crippen LogP contribution >= 0.6 is 0 Å². The van der Waals surface area contributed by atoms with E-state index in [1.54, 1.807) is 6.26 Å². The van der Waals surface area contributed by atoms with Crippen molar-refractivity contribution in [2.45, 2.75) is 114 Å². The summed E-state index contributed by atoms with van der Waals surface area (Å²) >= 11 is 0. The van der Waals surface area contributed by atoms with Crippen molar-refractivity contribution in [3.8, 4) is 0 Å². The van der Waals surface area contributed by atoms with Crippen LogP contribution in [0.5, 0.6) is 0 Å². The first kappa shape index (κ1) is 27.3. The lowest BCUT2D eigenvalue weighted by molar-refractivity contribution is -0.201.